The van der Waals surface area contributed by atoms with Crippen molar-refractivity contribution >= 4 is 17.4 Å². The maximum Gasteiger partial charge on any atom is 0.416 e. The molecule has 0 aliphatic rings. The molecule has 5 aromatic rings. The van der Waals surface area contributed by atoms with Gasteiger partial charge in [-0.15, -0.1) is 5.10 Å². The Bertz CT molecular complexity index is 1700. The van der Waals surface area contributed by atoms with Crippen LogP contribution in [0.3, 0.4) is 0 Å². The lowest BCUT2D eigenvalue weighted by Gasteiger charge is -2.15. The molecular formula is C27H15ClF6N6O. The number of pyridine rings is 1. The van der Waals surface area contributed by atoms with E-state index in [0.717, 1.165) is 4.68 Å². The van der Waals surface area contributed by atoms with Gasteiger partial charge in [-0.1, -0.05) is 28.9 Å². The molecule has 0 radical (unpaired) electrons. The molecule has 14 heteroatoms. The second kappa shape index (κ2) is 10.7. The van der Waals surface area contributed by atoms with Crippen LogP contribution in [0.2, 0.25) is 5.02 Å². The highest BCUT2D eigenvalue weighted by Gasteiger charge is 2.37. The van der Waals surface area contributed by atoms with Gasteiger partial charge in [0, 0.05) is 47.0 Å². The first kappa shape index (κ1) is 27.9. The van der Waals surface area contributed by atoms with E-state index >= 15 is 0 Å². The summed E-state index contributed by atoms with van der Waals surface area (Å²) in [5.41, 5.74) is -2.24. The molecule has 5 rings (SSSR count). The standard InChI is InChI=1S/C27H15ClF6N6O/c28-22-4-2-1-3-20(22)25(41)19-5-6-35-12-21(19)23-24(16-10-36-14-37-11-16)40(39-38-23)13-15-7-17(26(29,30)31)9-18(8-15)27(32,33)34/h1-12,14H,13H2. The minimum absolute atomic E-state index is 0.0461. The molecule has 3 aromatic heterocycles. The van der Waals surface area contributed by atoms with Crippen molar-refractivity contribution in [3.05, 3.63) is 112 Å². The number of carbonyl (C=O) groups is 1. The molecule has 2 aromatic carbocycles. The van der Waals surface area contributed by atoms with Crippen LogP contribution in [-0.2, 0) is 18.9 Å². The number of hydrogen-bond donors (Lipinski definition) is 0. The molecule has 0 saturated heterocycles. The average molecular weight is 589 g/mol. The molecule has 0 fully saturated rings. The summed E-state index contributed by atoms with van der Waals surface area (Å²) in [5, 5.41) is 8.37. The molecule has 0 atom stereocenters. The van der Waals surface area contributed by atoms with Crippen LogP contribution in [0.1, 0.15) is 32.6 Å². The molecule has 0 aliphatic heterocycles. The van der Waals surface area contributed by atoms with Gasteiger partial charge in [0.1, 0.15) is 17.7 Å². The van der Waals surface area contributed by atoms with E-state index in [0.29, 0.717) is 12.1 Å². The molecule has 7 nitrogen and oxygen atoms in total. The number of nitrogens with zero attached hydrogens (tertiary/aromatic N) is 6. The Morgan fingerprint density at radius 1 is 0.829 bits per heavy atom. The summed E-state index contributed by atoms with van der Waals surface area (Å²) in [6.07, 6.45) is -3.36. The van der Waals surface area contributed by atoms with Crippen LogP contribution < -0.4 is 0 Å². The van der Waals surface area contributed by atoms with Crippen LogP contribution in [0.4, 0.5) is 26.3 Å². The van der Waals surface area contributed by atoms with Crippen LogP contribution >= 0.6 is 11.6 Å². The van der Waals surface area contributed by atoms with Crippen molar-refractivity contribution in [3.63, 3.8) is 0 Å². The highest BCUT2D eigenvalue weighted by molar-refractivity contribution is 6.35. The van der Waals surface area contributed by atoms with E-state index in [4.69, 9.17) is 11.6 Å². The Balaban J connectivity index is 1.67. The molecule has 41 heavy (non-hydrogen) atoms. The van der Waals surface area contributed by atoms with Crippen LogP contribution in [-0.4, -0.2) is 35.7 Å². The quantitative estimate of drug-likeness (QED) is 0.161. The van der Waals surface area contributed by atoms with E-state index in [9.17, 15) is 31.1 Å². The minimum atomic E-state index is -5.02. The Hall–Kier alpha value is -4.65. The molecule has 0 amide bonds. The zero-order chi connectivity index (χ0) is 29.4. The topological polar surface area (TPSA) is 86.5 Å². The molecular weight excluding hydrogens is 574 g/mol. The van der Waals surface area contributed by atoms with E-state index in [2.05, 4.69) is 25.3 Å². The van der Waals surface area contributed by atoms with Gasteiger partial charge >= 0.3 is 12.4 Å². The maximum atomic E-state index is 13.5. The third-order valence-electron chi connectivity index (χ3n) is 5.99. The Morgan fingerprint density at radius 2 is 1.49 bits per heavy atom. The molecule has 0 aliphatic carbocycles. The van der Waals surface area contributed by atoms with Crippen molar-refractivity contribution in [2.45, 2.75) is 18.9 Å². The van der Waals surface area contributed by atoms with Gasteiger partial charge in [-0.25, -0.2) is 14.6 Å². The van der Waals surface area contributed by atoms with Crippen molar-refractivity contribution in [1.29, 1.82) is 0 Å². The van der Waals surface area contributed by atoms with Crippen molar-refractivity contribution < 1.29 is 31.1 Å². The summed E-state index contributed by atoms with van der Waals surface area (Å²) in [6, 6.07) is 9.07. The van der Waals surface area contributed by atoms with Crippen molar-refractivity contribution in [2.75, 3.05) is 0 Å². The normalized spacial score (nSPS) is 12.0. The fourth-order valence-electron chi connectivity index (χ4n) is 4.17. The summed E-state index contributed by atoms with van der Waals surface area (Å²) < 4.78 is 81.9. The number of benzene rings is 2. The van der Waals surface area contributed by atoms with E-state index < -0.39 is 35.8 Å². The third-order valence-corrected chi connectivity index (χ3v) is 6.32. The zero-order valence-electron chi connectivity index (χ0n) is 20.4. The summed E-state index contributed by atoms with van der Waals surface area (Å²) in [7, 11) is 0. The largest absolute Gasteiger partial charge is 0.416 e. The monoisotopic (exact) mass is 588 g/mol. The number of hydrogen-bond acceptors (Lipinski definition) is 6. The summed E-state index contributed by atoms with van der Waals surface area (Å²) in [6.45, 7) is -0.529. The number of carbonyl (C=O) groups excluding carboxylic acids is 1. The van der Waals surface area contributed by atoms with Gasteiger partial charge < -0.3 is 0 Å². The van der Waals surface area contributed by atoms with E-state index in [1.165, 1.54) is 43.2 Å². The first-order chi connectivity index (χ1) is 19.4. The predicted molar refractivity (Wildman–Crippen MR) is 135 cm³/mol. The lowest BCUT2D eigenvalue weighted by molar-refractivity contribution is -0.143. The van der Waals surface area contributed by atoms with E-state index in [-0.39, 0.29) is 50.3 Å². The van der Waals surface area contributed by atoms with Crippen LogP contribution in [0.15, 0.2) is 79.6 Å². The highest BCUT2D eigenvalue weighted by atomic mass is 35.5. The van der Waals surface area contributed by atoms with E-state index in [1.54, 1.807) is 18.2 Å². The van der Waals surface area contributed by atoms with E-state index in [1.807, 2.05) is 0 Å². The first-order valence-electron chi connectivity index (χ1n) is 11.6. The molecule has 0 N–H and O–H groups in total. The third kappa shape index (κ3) is 5.80. The van der Waals surface area contributed by atoms with Crippen molar-refractivity contribution in [3.8, 4) is 22.5 Å². The zero-order valence-corrected chi connectivity index (χ0v) is 21.2. The molecule has 0 unspecified atom stereocenters. The van der Waals surface area contributed by atoms with Gasteiger partial charge in [0.2, 0.25) is 0 Å². The van der Waals surface area contributed by atoms with Crippen molar-refractivity contribution in [1.82, 2.24) is 29.9 Å². The molecule has 208 valence electrons. The molecule has 0 spiro atoms. The number of rotatable bonds is 6. The summed E-state index contributed by atoms with van der Waals surface area (Å²) in [5.74, 6) is -0.467. The van der Waals surface area contributed by atoms with Gasteiger partial charge in [-0.2, -0.15) is 26.3 Å². The molecule has 0 saturated carbocycles. The van der Waals surface area contributed by atoms with Gasteiger partial charge in [0.25, 0.3) is 0 Å². The fourth-order valence-corrected chi connectivity index (χ4v) is 4.39. The van der Waals surface area contributed by atoms with Crippen molar-refractivity contribution in [2.24, 2.45) is 0 Å². The number of halogens is 7. The number of ketones is 1. The molecule has 3 heterocycles. The molecule has 0 bridgehead atoms. The van der Waals surface area contributed by atoms with Gasteiger partial charge in [0.15, 0.2) is 5.78 Å². The van der Waals surface area contributed by atoms with Gasteiger partial charge in [-0.05, 0) is 42.0 Å². The van der Waals surface area contributed by atoms with Gasteiger partial charge in [0.05, 0.1) is 22.7 Å². The fraction of sp³-hybridized carbons (Fsp3) is 0.111. The smallest absolute Gasteiger partial charge is 0.289 e. The Kier molecular flexibility index (Phi) is 7.30. The SMILES string of the molecule is O=C(c1ccccc1Cl)c1ccncc1-c1nnn(Cc2cc(C(F)(F)F)cc(C(F)(F)F)c2)c1-c1cncnc1. The van der Waals surface area contributed by atoms with Crippen LogP contribution in [0, 0.1) is 0 Å². The van der Waals surface area contributed by atoms with Gasteiger partial charge in [-0.3, -0.25) is 9.78 Å². The van der Waals surface area contributed by atoms with Crippen LogP contribution in [0.25, 0.3) is 22.5 Å². The Morgan fingerprint density at radius 3 is 2.12 bits per heavy atom. The maximum absolute atomic E-state index is 13.5. The summed E-state index contributed by atoms with van der Waals surface area (Å²) >= 11 is 6.23. The number of alkyl halides is 6. The second-order valence-electron chi connectivity index (χ2n) is 8.72. The van der Waals surface area contributed by atoms with Crippen LogP contribution in [0.5, 0.6) is 0 Å². The Labute approximate surface area is 232 Å². The lowest BCUT2D eigenvalue weighted by Crippen LogP contribution is -2.13. The lowest BCUT2D eigenvalue weighted by atomic mass is 9.96. The second-order valence-corrected chi connectivity index (χ2v) is 9.12. The predicted octanol–water partition coefficient (Wildman–Crippen LogP) is 6.77. The first-order valence-corrected chi connectivity index (χ1v) is 12.0. The highest BCUT2D eigenvalue weighted by Crippen LogP contribution is 2.38. The summed E-state index contributed by atoms with van der Waals surface area (Å²) in [4.78, 5) is 25.5. The number of aromatic nitrogens is 6. The minimum Gasteiger partial charge on any atom is -0.289 e. The average Bonchev–Trinajstić information content (AvgIpc) is 3.35.